The van der Waals surface area contributed by atoms with Crippen LogP contribution in [-0.4, -0.2) is 32.7 Å². The molecule has 0 fully saturated rings. The average molecular weight is 270 g/mol. The monoisotopic (exact) mass is 270 g/mol. The minimum absolute atomic E-state index is 0.00348. The van der Waals surface area contributed by atoms with E-state index in [9.17, 15) is 8.42 Å². The molecular formula is C12H18N2O3S. The van der Waals surface area contributed by atoms with Crippen molar-refractivity contribution in [2.45, 2.75) is 24.8 Å². The molecule has 1 rings (SSSR count). The Hall–Kier alpha value is -1.40. The van der Waals surface area contributed by atoms with Crippen molar-refractivity contribution >= 4 is 15.7 Å². The summed E-state index contributed by atoms with van der Waals surface area (Å²) in [5.41, 5.74) is 5.73. The van der Waals surface area contributed by atoms with E-state index in [4.69, 9.17) is 15.9 Å². The third kappa shape index (κ3) is 4.12. The maximum absolute atomic E-state index is 12.0. The maximum atomic E-state index is 12.0. The molecule has 1 aromatic rings. The van der Waals surface area contributed by atoms with E-state index in [1.807, 2.05) is 13.8 Å². The molecule has 0 amide bonds. The largest absolute Gasteiger partial charge is 0.384 e. The van der Waals surface area contributed by atoms with Crippen molar-refractivity contribution in [3.63, 3.8) is 0 Å². The van der Waals surface area contributed by atoms with Crippen LogP contribution in [0.4, 0.5) is 0 Å². The number of ether oxygens (including phenoxy) is 1. The summed E-state index contributed by atoms with van der Waals surface area (Å²) < 4.78 is 29.2. The first-order chi connectivity index (χ1) is 8.33. The molecule has 0 saturated heterocycles. The Bertz CT molecular complexity index is 524. The first kappa shape index (κ1) is 14.7. The molecule has 0 atom stereocenters. The van der Waals surface area contributed by atoms with E-state index >= 15 is 0 Å². The van der Waals surface area contributed by atoms with Crippen LogP contribution in [0.2, 0.25) is 0 Å². The number of hydrogen-bond acceptors (Lipinski definition) is 4. The molecule has 1 aromatic carbocycles. The lowest BCUT2D eigenvalue weighted by molar-refractivity contribution is 0.0912. The Balaban J connectivity index is 2.85. The number of sulfone groups is 1. The number of nitrogen functional groups attached to an aromatic ring is 1. The van der Waals surface area contributed by atoms with Crippen molar-refractivity contribution in [2.75, 3.05) is 12.4 Å². The fraction of sp³-hybridized carbons (Fsp3) is 0.417. The van der Waals surface area contributed by atoms with Gasteiger partial charge in [0.1, 0.15) is 5.84 Å². The molecule has 6 heteroatoms. The maximum Gasteiger partial charge on any atom is 0.180 e. The molecule has 0 bridgehead atoms. The van der Waals surface area contributed by atoms with Gasteiger partial charge < -0.3 is 10.5 Å². The van der Waals surface area contributed by atoms with Crippen LogP contribution in [0.3, 0.4) is 0 Å². The van der Waals surface area contributed by atoms with Gasteiger partial charge in [-0.05, 0) is 26.0 Å². The highest BCUT2D eigenvalue weighted by molar-refractivity contribution is 7.91. The Labute approximate surface area is 107 Å². The molecule has 0 aliphatic carbocycles. The second-order valence-electron chi connectivity index (χ2n) is 4.18. The van der Waals surface area contributed by atoms with Crippen LogP contribution in [0.25, 0.3) is 0 Å². The van der Waals surface area contributed by atoms with Gasteiger partial charge in [0.05, 0.1) is 23.4 Å². The number of amidine groups is 1. The minimum Gasteiger partial charge on any atom is -0.384 e. The van der Waals surface area contributed by atoms with Gasteiger partial charge in [0, 0.05) is 5.56 Å². The topological polar surface area (TPSA) is 93.2 Å². The zero-order chi connectivity index (χ0) is 13.8. The highest BCUT2D eigenvalue weighted by atomic mass is 32.2. The highest BCUT2D eigenvalue weighted by Crippen LogP contribution is 2.13. The second kappa shape index (κ2) is 5.97. The molecule has 0 unspecified atom stereocenters. The SMILES string of the molecule is CC(C)OCCS(=O)(=O)c1cccc(C(=N)N)c1. The van der Waals surface area contributed by atoms with Gasteiger partial charge in [0.15, 0.2) is 9.84 Å². The number of rotatable bonds is 6. The van der Waals surface area contributed by atoms with E-state index in [1.54, 1.807) is 12.1 Å². The fourth-order valence-corrected chi connectivity index (χ4v) is 2.51. The van der Waals surface area contributed by atoms with Crippen LogP contribution in [0.5, 0.6) is 0 Å². The van der Waals surface area contributed by atoms with Crippen molar-refractivity contribution < 1.29 is 13.2 Å². The first-order valence-electron chi connectivity index (χ1n) is 5.62. The molecule has 0 aromatic heterocycles. The van der Waals surface area contributed by atoms with E-state index in [1.165, 1.54) is 12.1 Å². The van der Waals surface area contributed by atoms with Gasteiger partial charge in [-0.15, -0.1) is 0 Å². The van der Waals surface area contributed by atoms with E-state index in [0.29, 0.717) is 5.56 Å². The molecule has 0 spiro atoms. The summed E-state index contributed by atoms with van der Waals surface area (Å²) >= 11 is 0. The van der Waals surface area contributed by atoms with E-state index < -0.39 is 9.84 Å². The van der Waals surface area contributed by atoms with Crippen molar-refractivity contribution in [1.82, 2.24) is 0 Å². The molecule has 0 radical (unpaired) electrons. The Morgan fingerprint density at radius 1 is 1.44 bits per heavy atom. The van der Waals surface area contributed by atoms with Crippen LogP contribution < -0.4 is 5.73 Å². The summed E-state index contributed by atoms with van der Waals surface area (Å²) in [5.74, 6) is -0.225. The molecule has 0 saturated carbocycles. The van der Waals surface area contributed by atoms with Crippen molar-refractivity contribution in [3.8, 4) is 0 Å². The number of nitrogens with one attached hydrogen (secondary N) is 1. The smallest absolute Gasteiger partial charge is 0.180 e. The summed E-state index contributed by atoms with van der Waals surface area (Å²) in [5, 5.41) is 7.29. The van der Waals surface area contributed by atoms with Gasteiger partial charge in [0.2, 0.25) is 0 Å². The molecule has 0 aliphatic rings. The Kier molecular flexibility index (Phi) is 4.86. The molecule has 100 valence electrons. The zero-order valence-electron chi connectivity index (χ0n) is 10.5. The lowest BCUT2D eigenvalue weighted by Crippen LogP contribution is -2.16. The van der Waals surface area contributed by atoms with Crippen molar-refractivity contribution in [2.24, 2.45) is 5.73 Å². The highest BCUT2D eigenvalue weighted by Gasteiger charge is 2.15. The van der Waals surface area contributed by atoms with Gasteiger partial charge in [0.25, 0.3) is 0 Å². The summed E-state index contributed by atoms with van der Waals surface area (Å²) in [6.07, 6.45) is 0.00348. The van der Waals surface area contributed by atoms with Crippen LogP contribution in [-0.2, 0) is 14.6 Å². The Morgan fingerprint density at radius 3 is 2.67 bits per heavy atom. The lowest BCUT2D eigenvalue weighted by Gasteiger charge is -2.09. The summed E-state index contributed by atoms with van der Waals surface area (Å²) in [7, 11) is -3.39. The zero-order valence-corrected chi connectivity index (χ0v) is 11.3. The number of nitrogens with two attached hydrogens (primary N) is 1. The van der Waals surface area contributed by atoms with E-state index in [0.717, 1.165) is 0 Å². The molecule has 0 heterocycles. The molecule has 0 aliphatic heterocycles. The number of benzene rings is 1. The summed E-state index contributed by atoms with van der Waals surface area (Å²) in [4.78, 5) is 0.169. The van der Waals surface area contributed by atoms with Crippen molar-refractivity contribution in [3.05, 3.63) is 29.8 Å². The van der Waals surface area contributed by atoms with Gasteiger partial charge in [-0.1, -0.05) is 12.1 Å². The first-order valence-corrected chi connectivity index (χ1v) is 7.27. The summed E-state index contributed by atoms with van der Waals surface area (Å²) in [6, 6.07) is 6.09. The van der Waals surface area contributed by atoms with Crippen LogP contribution >= 0.6 is 0 Å². The molecule has 5 nitrogen and oxygen atoms in total. The standard InChI is InChI=1S/C12H18N2O3S/c1-9(2)17-6-7-18(15,16)11-5-3-4-10(8-11)12(13)14/h3-5,8-9H,6-7H2,1-2H3,(H3,13,14). The fourth-order valence-electron chi connectivity index (χ4n) is 1.37. The van der Waals surface area contributed by atoms with Gasteiger partial charge in [-0.3, -0.25) is 5.41 Å². The predicted molar refractivity (Wildman–Crippen MR) is 70.6 cm³/mol. The van der Waals surface area contributed by atoms with Gasteiger partial charge >= 0.3 is 0 Å². The molecular weight excluding hydrogens is 252 g/mol. The van der Waals surface area contributed by atoms with E-state index in [-0.39, 0.29) is 29.2 Å². The third-order valence-corrected chi connectivity index (χ3v) is 3.98. The molecule has 18 heavy (non-hydrogen) atoms. The number of hydrogen-bond donors (Lipinski definition) is 2. The second-order valence-corrected chi connectivity index (χ2v) is 6.29. The molecule has 3 N–H and O–H groups in total. The van der Waals surface area contributed by atoms with E-state index in [2.05, 4.69) is 0 Å². The normalized spacial score (nSPS) is 11.7. The van der Waals surface area contributed by atoms with Crippen LogP contribution in [0.1, 0.15) is 19.4 Å². The minimum atomic E-state index is -3.39. The quantitative estimate of drug-likeness (QED) is 0.599. The van der Waals surface area contributed by atoms with Crippen LogP contribution in [0, 0.1) is 5.41 Å². The Morgan fingerprint density at radius 2 is 2.11 bits per heavy atom. The van der Waals surface area contributed by atoms with Crippen LogP contribution in [0.15, 0.2) is 29.2 Å². The summed E-state index contributed by atoms with van der Waals surface area (Å²) in [6.45, 7) is 3.86. The lowest BCUT2D eigenvalue weighted by atomic mass is 10.2. The van der Waals surface area contributed by atoms with Gasteiger partial charge in [-0.2, -0.15) is 0 Å². The average Bonchev–Trinajstić information content (AvgIpc) is 2.28. The van der Waals surface area contributed by atoms with Gasteiger partial charge in [-0.25, -0.2) is 8.42 Å². The predicted octanol–water partition coefficient (Wildman–Crippen LogP) is 1.17. The third-order valence-electron chi connectivity index (χ3n) is 2.31. The van der Waals surface area contributed by atoms with Crippen molar-refractivity contribution in [1.29, 1.82) is 5.41 Å².